The summed E-state index contributed by atoms with van der Waals surface area (Å²) in [7, 11) is 0. The normalized spacial score (nSPS) is 11.9. The molecule has 0 spiro atoms. The molecule has 1 unspecified atom stereocenters. The SMILES string of the molecule is C=C(C)C(=O)OCC(O)COC(=O)CCc1ccc(SC(C)C)cc1. The highest BCUT2D eigenvalue weighted by atomic mass is 32.2. The van der Waals surface area contributed by atoms with Gasteiger partial charge in [0.15, 0.2) is 0 Å². The zero-order valence-corrected chi connectivity index (χ0v) is 15.8. The predicted molar refractivity (Wildman–Crippen MR) is 98.5 cm³/mol. The van der Waals surface area contributed by atoms with Crippen molar-refractivity contribution in [2.75, 3.05) is 13.2 Å². The molecule has 1 rings (SSSR count). The van der Waals surface area contributed by atoms with Crippen molar-refractivity contribution in [3.05, 3.63) is 42.0 Å². The Kier molecular flexibility index (Phi) is 9.31. The molecule has 5 nitrogen and oxygen atoms in total. The fourth-order valence-electron chi connectivity index (χ4n) is 1.86. The Morgan fingerprint density at radius 2 is 1.76 bits per heavy atom. The molecule has 0 saturated carbocycles. The van der Waals surface area contributed by atoms with Crippen molar-refractivity contribution in [3.8, 4) is 0 Å². The third kappa shape index (κ3) is 9.31. The second-order valence-corrected chi connectivity index (χ2v) is 7.68. The van der Waals surface area contributed by atoms with E-state index in [0.29, 0.717) is 11.7 Å². The van der Waals surface area contributed by atoms with E-state index in [9.17, 15) is 14.7 Å². The van der Waals surface area contributed by atoms with Gasteiger partial charge in [-0.2, -0.15) is 0 Å². The van der Waals surface area contributed by atoms with Crippen molar-refractivity contribution in [3.63, 3.8) is 0 Å². The van der Waals surface area contributed by atoms with Gasteiger partial charge >= 0.3 is 11.9 Å². The van der Waals surface area contributed by atoms with Gasteiger partial charge in [-0.1, -0.05) is 32.6 Å². The first-order valence-corrected chi connectivity index (χ1v) is 9.07. The van der Waals surface area contributed by atoms with E-state index in [1.807, 2.05) is 24.3 Å². The Labute approximate surface area is 153 Å². The molecule has 0 aromatic heterocycles. The molecule has 0 heterocycles. The number of benzene rings is 1. The molecular formula is C19H26O5S. The number of esters is 2. The summed E-state index contributed by atoms with van der Waals surface area (Å²) in [5.41, 5.74) is 1.31. The number of ether oxygens (including phenoxy) is 2. The smallest absolute Gasteiger partial charge is 0.333 e. The lowest BCUT2D eigenvalue weighted by atomic mass is 10.1. The van der Waals surface area contributed by atoms with Crippen molar-refractivity contribution in [1.82, 2.24) is 0 Å². The maximum atomic E-state index is 11.7. The standard InChI is InChI=1S/C19H26O5S/c1-13(2)19(22)24-12-16(20)11-23-18(21)10-7-15-5-8-17(9-6-15)25-14(3)4/h5-6,8-9,14,16,20H,1,7,10-12H2,2-4H3. The number of thioether (sulfide) groups is 1. The maximum Gasteiger partial charge on any atom is 0.333 e. The number of carbonyl (C=O) groups is 2. The van der Waals surface area contributed by atoms with Crippen LogP contribution >= 0.6 is 11.8 Å². The molecule has 25 heavy (non-hydrogen) atoms. The summed E-state index contributed by atoms with van der Waals surface area (Å²) in [6.07, 6.45) is -0.235. The number of hydrogen-bond donors (Lipinski definition) is 1. The molecule has 1 aromatic carbocycles. The van der Waals surface area contributed by atoms with Crippen LogP contribution in [0.1, 0.15) is 32.8 Å². The lowest BCUT2D eigenvalue weighted by molar-refractivity contribution is -0.150. The maximum absolute atomic E-state index is 11.7. The first-order chi connectivity index (χ1) is 11.8. The van der Waals surface area contributed by atoms with Crippen LogP contribution in [0.4, 0.5) is 0 Å². The van der Waals surface area contributed by atoms with E-state index in [1.54, 1.807) is 11.8 Å². The number of aliphatic hydroxyl groups is 1. The van der Waals surface area contributed by atoms with E-state index < -0.39 is 18.0 Å². The van der Waals surface area contributed by atoms with Gasteiger partial charge in [0.05, 0.1) is 0 Å². The monoisotopic (exact) mass is 366 g/mol. The summed E-state index contributed by atoms with van der Waals surface area (Å²) in [6.45, 7) is 8.81. The second kappa shape index (κ2) is 10.9. The summed E-state index contributed by atoms with van der Waals surface area (Å²) >= 11 is 1.79. The predicted octanol–water partition coefficient (Wildman–Crippen LogP) is 3.14. The van der Waals surface area contributed by atoms with Gasteiger partial charge in [0, 0.05) is 22.1 Å². The van der Waals surface area contributed by atoms with Gasteiger partial charge in [-0.05, 0) is 31.0 Å². The molecule has 1 atom stereocenters. The zero-order chi connectivity index (χ0) is 18.8. The molecule has 0 aliphatic rings. The minimum absolute atomic E-state index is 0.202. The Hall–Kier alpha value is -1.79. The van der Waals surface area contributed by atoms with Gasteiger partial charge in [-0.25, -0.2) is 4.79 Å². The van der Waals surface area contributed by atoms with E-state index in [2.05, 4.69) is 20.4 Å². The van der Waals surface area contributed by atoms with E-state index in [-0.39, 0.29) is 25.2 Å². The van der Waals surface area contributed by atoms with Gasteiger partial charge in [-0.15, -0.1) is 11.8 Å². The van der Waals surface area contributed by atoms with Crippen LogP contribution in [-0.2, 0) is 25.5 Å². The Morgan fingerprint density at radius 3 is 2.32 bits per heavy atom. The molecule has 0 amide bonds. The average molecular weight is 366 g/mol. The molecule has 6 heteroatoms. The highest BCUT2D eigenvalue weighted by molar-refractivity contribution is 7.99. The summed E-state index contributed by atoms with van der Waals surface area (Å²) in [5.74, 6) is -0.977. The van der Waals surface area contributed by atoms with Crippen LogP contribution < -0.4 is 0 Å². The summed E-state index contributed by atoms with van der Waals surface area (Å²) in [5, 5.41) is 10.2. The minimum Gasteiger partial charge on any atom is -0.463 e. The van der Waals surface area contributed by atoms with Crippen molar-refractivity contribution in [2.24, 2.45) is 0 Å². The molecule has 1 aromatic rings. The molecule has 0 saturated heterocycles. The van der Waals surface area contributed by atoms with Crippen molar-refractivity contribution in [1.29, 1.82) is 0 Å². The lowest BCUT2D eigenvalue weighted by Gasteiger charge is -2.12. The van der Waals surface area contributed by atoms with Crippen molar-refractivity contribution >= 4 is 23.7 Å². The highest BCUT2D eigenvalue weighted by Gasteiger charge is 2.12. The third-order valence-electron chi connectivity index (χ3n) is 3.10. The van der Waals surface area contributed by atoms with Crippen LogP contribution in [0.15, 0.2) is 41.3 Å². The Balaban J connectivity index is 2.26. The quantitative estimate of drug-likeness (QED) is 0.390. The summed E-state index contributed by atoms with van der Waals surface area (Å²) < 4.78 is 9.77. The second-order valence-electron chi connectivity index (χ2n) is 6.03. The summed E-state index contributed by atoms with van der Waals surface area (Å²) in [4.78, 5) is 24.1. The van der Waals surface area contributed by atoms with E-state index in [1.165, 1.54) is 11.8 Å². The largest absolute Gasteiger partial charge is 0.463 e. The number of aliphatic hydroxyl groups excluding tert-OH is 1. The first kappa shape index (κ1) is 21.3. The molecule has 138 valence electrons. The van der Waals surface area contributed by atoms with Crippen LogP contribution in [0.3, 0.4) is 0 Å². The Morgan fingerprint density at radius 1 is 1.16 bits per heavy atom. The zero-order valence-electron chi connectivity index (χ0n) is 15.0. The van der Waals surface area contributed by atoms with Crippen molar-refractivity contribution in [2.45, 2.75) is 49.9 Å². The van der Waals surface area contributed by atoms with Crippen LogP contribution in [0.2, 0.25) is 0 Å². The van der Waals surface area contributed by atoms with E-state index in [0.717, 1.165) is 5.56 Å². The highest BCUT2D eigenvalue weighted by Crippen LogP contribution is 2.23. The molecule has 0 bridgehead atoms. The number of hydrogen-bond acceptors (Lipinski definition) is 6. The van der Waals surface area contributed by atoms with Gasteiger partial charge in [0.25, 0.3) is 0 Å². The molecule has 1 N–H and O–H groups in total. The van der Waals surface area contributed by atoms with Gasteiger partial charge < -0.3 is 14.6 Å². The molecular weight excluding hydrogens is 340 g/mol. The first-order valence-electron chi connectivity index (χ1n) is 8.20. The van der Waals surface area contributed by atoms with E-state index >= 15 is 0 Å². The van der Waals surface area contributed by atoms with Gasteiger partial charge in [0.2, 0.25) is 0 Å². The van der Waals surface area contributed by atoms with Crippen LogP contribution in [0, 0.1) is 0 Å². The lowest BCUT2D eigenvalue weighted by Crippen LogP contribution is -2.25. The fourth-order valence-corrected chi connectivity index (χ4v) is 2.70. The fraction of sp³-hybridized carbons (Fsp3) is 0.474. The number of aryl methyl sites for hydroxylation is 1. The van der Waals surface area contributed by atoms with Crippen LogP contribution in [0.25, 0.3) is 0 Å². The number of rotatable bonds is 10. The molecule has 0 aliphatic carbocycles. The van der Waals surface area contributed by atoms with Crippen LogP contribution in [0.5, 0.6) is 0 Å². The van der Waals surface area contributed by atoms with E-state index in [4.69, 9.17) is 9.47 Å². The van der Waals surface area contributed by atoms with Gasteiger partial charge in [0.1, 0.15) is 19.3 Å². The third-order valence-corrected chi connectivity index (χ3v) is 4.12. The van der Waals surface area contributed by atoms with Crippen molar-refractivity contribution < 1.29 is 24.2 Å². The number of carbonyl (C=O) groups excluding carboxylic acids is 2. The molecule has 0 aliphatic heterocycles. The Bertz CT molecular complexity index is 580. The summed E-state index contributed by atoms with van der Waals surface area (Å²) in [6, 6.07) is 8.10. The average Bonchev–Trinajstić information content (AvgIpc) is 2.56. The topological polar surface area (TPSA) is 72.8 Å². The van der Waals surface area contributed by atoms with Crippen LogP contribution in [-0.4, -0.2) is 41.6 Å². The minimum atomic E-state index is -1.04. The van der Waals surface area contributed by atoms with Gasteiger partial charge in [-0.3, -0.25) is 4.79 Å². The molecule has 0 radical (unpaired) electrons. The molecule has 0 fully saturated rings.